The van der Waals surface area contributed by atoms with Gasteiger partial charge >= 0.3 is 0 Å². The molecule has 0 saturated heterocycles. The fourth-order valence-electron chi connectivity index (χ4n) is 1.46. The summed E-state index contributed by atoms with van der Waals surface area (Å²) in [6, 6.07) is 5.38. The molecule has 0 aliphatic heterocycles. The number of carbonyl (C=O) groups excluding carboxylic acids is 1. The minimum Gasteiger partial charge on any atom is -0.495 e. The Labute approximate surface area is 95.8 Å². The number of ether oxygens (including phenoxy) is 1. The van der Waals surface area contributed by atoms with Gasteiger partial charge in [-0.15, -0.1) is 0 Å². The Hall–Kier alpha value is -1.55. The maximum absolute atomic E-state index is 11.9. The van der Waals surface area contributed by atoms with Crippen molar-refractivity contribution in [3.63, 3.8) is 0 Å². The zero-order valence-electron chi connectivity index (χ0n) is 9.91. The van der Waals surface area contributed by atoms with Crippen molar-refractivity contribution in [3.8, 4) is 5.75 Å². The van der Waals surface area contributed by atoms with Gasteiger partial charge in [-0.05, 0) is 26.1 Å². The molecule has 4 heteroatoms. The van der Waals surface area contributed by atoms with Crippen LogP contribution in [0.4, 0.5) is 5.69 Å². The first-order valence-corrected chi connectivity index (χ1v) is 5.23. The van der Waals surface area contributed by atoms with Crippen molar-refractivity contribution < 1.29 is 9.53 Å². The molecule has 16 heavy (non-hydrogen) atoms. The molecular formula is C12H18N2O2. The van der Waals surface area contributed by atoms with Gasteiger partial charge in [0, 0.05) is 18.0 Å². The predicted molar refractivity (Wildman–Crippen MR) is 64.9 cm³/mol. The standard InChI is InChI=1S/C12H18N2O2/c1-8(14-2)7-10(15)9-5-4-6-11(16-3)12(9)13/h4-6,8,14H,7,13H2,1-3H3. The smallest absolute Gasteiger partial charge is 0.166 e. The summed E-state index contributed by atoms with van der Waals surface area (Å²) in [6.45, 7) is 1.95. The molecule has 0 aromatic heterocycles. The summed E-state index contributed by atoms with van der Waals surface area (Å²) in [5, 5.41) is 3.02. The third-order valence-electron chi connectivity index (χ3n) is 2.57. The summed E-state index contributed by atoms with van der Waals surface area (Å²) < 4.78 is 5.07. The molecule has 0 aliphatic rings. The number of anilines is 1. The van der Waals surface area contributed by atoms with Crippen LogP contribution in [0.1, 0.15) is 23.7 Å². The van der Waals surface area contributed by atoms with Gasteiger partial charge in [0.1, 0.15) is 5.75 Å². The van der Waals surface area contributed by atoms with Crippen LogP contribution in [-0.2, 0) is 0 Å². The van der Waals surface area contributed by atoms with E-state index in [4.69, 9.17) is 10.5 Å². The molecule has 1 aromatic rings. The van der Waals surface area contributed by atoms with Crippen LogP contribution in [0, 0.1) is 0 Å². The zero-order valence-corrected chi connectivity index (χ0v) is 9.91. The number of para-hydroxylation sites is 1. The van der Waals surface area contributed by atoms with E-state index in [0.717, 1.165) is 0 Å². The van der Waals surface area contributed by atoms with E-state index in [1.165, 1.54) is 7.11 Å². The molecule has 0 spiro atoms. The lowest BCUT2D eigenvalue weighted by Crippen LogP contribution is -2.24. The Morgan fingerprint density at radius 2 is 2.25 bits per heavy atom. The molecule has 88 valence electrons. The Bertz CT molecular complexity index is 377. The number of Topliss-reactive ketones (excluding diaryl/α,β-unsaturated/α-hetero) is 1. The minimum absolute atomic E-state index is 0.0262. The van der Waals surface area contributed by atoms with Crippen molar-refractivity contribution in [2.45, 2.75) is 19.4 Å². The van der Waals surface area contributed by atoms with Gasteiger partial charge in [-0.3, -0.25) is 4.79 Å². The predicted octanol–water partition coefficient (Wildman–Crippen LogP) is 1.46. The van der Waals surface area contributed by atoms with Crippen molar-refractivity contribution in [3.05, 3.63) is 23.8 Å². The van der Waals surface area contributed by atoms with Crippen LogP contribution >= 0.6 is 0 Å². The number of hydrogen-bond acceptors (Lipinski definition) is 4. The lowest BCUT2D eigenvalue weighted by atomic mass is 10.0. The first-order chi connectivity index (χ1) is 7.60. The highest BCUT2D eigenvalue weighted by Crippen LogP contribution is 2.25. The van der Waals surface area contributed by atoms with Crippen molar-refractivity contribution in [2.24, 2.45) is 0 Å². The minimum atomic E-state index is 0.0262. The highest BCUT2D eigenvalue weighted by molar-refractivity contribution is 6.02. The largest absolute Gasteiger partial charge is 0.495 e. The van der Waals surface area contributed by atoms with Crippen LogP contribution in [0.2, 0.25) is 0 Å². The lowest BCUT2D eigenvalue weighted by Gasteiger charge is -2.12. The molecule has 4 nitrogen and oxygen atoms in total. The highest BCUT2D eigenvalue weighted by Gasteiger charge is 2.14. The molecule has 0 aliphatic carbocycles. The molecular weight excluding hydrogens is 204 g/mol. The van der Waals surface area contributed by atoms with E-state index in [1.807, 2.05) is 14.0 Å². The van der Waals surface area contributed by atoms with E-state index in [-0.39, 0.29) is 11.8 Å². The van der Waals surface area contributed by atoms with Gasteiger partial charge in [-0.1, -0.05) is 6.07 Å². The molecule has 0 heterocycles. The number of benzene rings is 1. The topological polar surface area (TPSA) is 64.3 Å². The average Bonchev–Trinajstić information content (AvgIpc) is 2.29. The van der Waals surface area contributed by atoms with Crippen LogP contribution in [-0.4, -0.2) is 26.0 Å². The van der Waals surface area contributed by atoms with Crippen molar-refractivity contribution in [1.82, 2.24) is 5.32 Å². The Morgan fingerprint density at radius 3 is 2.81 bits per heavy atom. The van der Waals surface area contributed by atoms with E-state index in [0.29, 0.717) is 23.4 Å². The monoisotopic (exact) mass is 222 g/mol. The summed E-state index contributed by atoms with van der Waals surface area (Å²) in [7, 11) is 3.36. The van der Waals surface area contributed by atoms with Gasteiger partial charge in [0.05, 0.1) is 12.8 Å². The summed E-state index contributed by atoms with van der Waals surface area (Å²) in [6.07, 6.45) is 0.424. The summed E-state index contributed by atoms with van der Waals surface area (Å²) in [4.78, 5) is 11.9. The van der Waals surface area contributed by atoms with Crippen LogP contribution in [0.3, 0.4) is 0 Å². The number of hydrogen-bond donors (Lipinski definition) is 2. The third kappa shape index (κ3) is 2.73. The van der Waals surface area contributed by atoms with Gasteiger partial charge in [-0.25, -0.2) is 0 Å². The van der Waals surface area contributed by atoms with Crippen LogP contribution in [0.5, 0.6) is 5.75 Å². The number of carbonyl (C=O) groups is 1. The van der Waals surface area contributed by atoms with E-state index in [9.17, 15) is 4.79 Å². The molecule has 1 aromatic carbocycles. The van der Waals surface area contributed by atoms with Gasteiger partial charge in [0.25, 0.3) is 0 Å². The molecule has 0 radical (unpaired) electrons. The molecule has 3 N–H and O–H groups in total. The van der Waals surface area contributed by atoms with Crippen molar-refractivity contribution >= 4 is 11.5 Å². The van der Waals surface area contributed by atoms with Crippen LogP contribution in [0.25, 0.3) is 0 Å². The molecule has 1 rings (SSSR count). The first-order valence-electron chi connectivity index (χ1n) is 5.23. The molecule has 0 bridgehead atoms. The Balaban J connectivity index is 2.91. The summed E-state index contributed by atoms with van der Waals surface area (Å²) in [5.74, 6) is 0.571. The fraction of sp³-hybridized carbons (Fsp3) is 0.417. The van der Waals surface area contributed by atoms with Gasteiger partial charge < -0.3 is 15.8 Å². The highest BCUT2D eigenvalue weighted by atomic mass is 16.5. The molecule has 0 amide bonds. The number of rotatable bonds is 5. The molecule has 0 saturated carbocycles. The average molecular weight is 222 g/mol. The van der Waals surface area contributed by atoms with Crippen LogP contribution < -0.4 is 15.8 Å². The number of methoxy groups -OCH3 is 1. The molecule has 0 fully saturated rings. The first kappa shape index (κ1) is 12.5. The van der Waals surface area contributed by atoms with E-state index in [2.05, 4.69) is 5.32 Å². The van der Waals surface area contributed by atoms with Gasteiger partial charge in [0.15, 0.2) is 5.78 Å². The van der Waals surface area contributed by atoms with Gasteiger partial charge in [0.2, 0.25) is 0 Å². The zero-order chi connectivity index (χ0) is 12.1. The third-order valence-corrected chi connectivity index (χ3v) is 2.57. The maximum Gasteiger partial charge on any atom is 0.166 e. The summed E-state index contributed by atoms with van der Waals surface area (Å²) >= 11 is 0. The number of nitrogens with one attached hydrogen (secondary N) is 1. The van der Waals surface area contributed by atoms with E-state index >= 15 is 0 Å². The second-order valence-electron chi connectivity index (χ2n) is 3.74. The normalized spacial score (nSPS) is 12.2. The van der Waals surface area contributed by atoms with Crippen molar-refractivity contribution in [1.29, 1.82) is 0 Å². The molecule has 1 atom stereocenters. The van der Waals surface area contributed by atoms with E-state index < -0.39 is 0 Å². The summed E-state index contributed by atoms with van der Waals surface area (Å²) in [5.41, 5.74) is 6.79. The Morgan fingerprint density at radius 1 is 1.56 bits per heavy atom. The Kier molecular flexibility index (Phi) is 4.31. The second kappa shape index (κ2) is 5.51. The SMILES string of the molecule is CNC(C)CC(=O)c1cccc(OC)c1N. The van der Waals surface area contributed by atoms with Crippen molar-refractivity contribution in [2.75, 3.05) is 19.9 Å². The van der Waals surface area contributed by atoms with Gasteiger partial charge in [-0.2, -0.15) is 0 Å². The maximum atomic E-state index is 11.9. The van der Waals surface area contributed by atoms with Crippen LogP contribution in [0.15, 0.2) is 18.2 Å². The number of nitrogens with two attached hydrogens (primary N) is 1. The number of ketones is 1. The number of nitrogen functional groups attached to an aromatic ring is 1. The lowest BCUT2D eigenvalue weighted by molar-refractivity contribution is 0.0973. The quantitative estimate of drug-likeness (QED) is 0.584. The fourth-order valence-corrected chi connectivity index (χ4v) is 1.46. The molecule has 1 unspecified atom stereocenters. The van der Waals surface area contributed by atoms with E-state index in [1.54, 1.807) is 18.2 Å². The second-order valence-corrected chi connectivity index (χ2v) is 3.74.